The number of carboxylic acids is 1. The average molecular weight is 853 g/mol. The lowest BCUT2D eigenvalue weighted by molar-refractivity contribution is -0.144. The van der Waals surface area contributed by atoms with E-state index in [9.17, 15) is 43.2 Å². The lowest BCUT2D eigenvalue weighted by atomic mass is 9.76. The van der Waals surface area contributed by atoms with Gasteiger partial charge in [-0.25, -0.2) is 0 Å². The number of hydrogen-bond acceptors (Lipinski definition) is 11. The van der Waals surface area contributed by atoms with Crippen LogP contribution in [0, 0.1) is 11.3 Å². The molecule has 0 spiro atoms. The topological polar surface area (TPSA) is 238 Å². The Bertz CT molecular complexity index is 1800. The van der Waals surface area contributed by atoms with Gasteiger partial charge < -0.3 is 36.0 Å². The van der Waals surface area contributed by atoms with Crippen molar-refractivity contribution in [2.45, 2.75) is 130 Å². The molecular weight excluding hydrogens is 789 g/mol. The number of aliphatic carboxylic acids is 1. The summed E-state index contributed by atoms with van der Waals surface area (Å²) in [5.74, 6) is -5.04. The first-order valence-corrected chi connectivity index (χ1v) is 20.4. The Morgan fingerprint density at radius 1 is 0.852 bits per heavy atom. The van der Waals surface area contributed by atoms with E-state index in [1.807, 2.05) is 78.8 Å². The molecule has 5 N–H and O–H groups in total. The van der Waals surface area contributed by atoms with Crippen molar-refractivity contribution in [1.29, 1.82) is 0 Å². The number of Topliss-reactive ketones (excluding diaryl/α,β-unsaturated/α-hetero) is 1. The van der Waals surface area contributed by atoms with E-state index < -0.39 is 83.2 Å². The van der Waals surface area contributed by atoms with Gasteiger partial charge in [-0.05, 0) is 43.7 Å². The summed E-state index contributed by atoms with van der Waals surface area (Å²) in [6.07, 6.45) is 1.55. The van der Waals surface area contributed by atoms with Gasteiger partial charge in [-0.1, -0.05) is 84.9 Å². The first-order valence-electron chi connectivity index (χ1n) is 20.4. The number of carboxylic acid groups (broad SMARTS) is 1. The summed E-state index contributed by atoms with van der Waals surface area (Å²) in [7, 11) is 3.27. The van der Waals surface area contributed by atoms with Crippen molar-refractivity contribution < 1.29 is 53.0 Å². The van der Waals surface area contributed by atoms with Gasteiger partial charge in [0.05, 0.1) is 18.5 Å². The van der Waals surface area contributed by atoms with E-state index in [0.717, 1.165) is 22.6 Å². The highest BCUT2D eigenvalue weighted by Crippen LogP contribution is 2.29. The molecule has 61 heavy (non-hydrogen) atoms. The Labute approximate surface area is 358 Å². The van der Waals surface area contributed by atoms with Gasteiger partial charge in [0.25, 0.3) is 18.3 Å². The van der Waals surface area contributed by atoms with Crippen LogP contribution < -0.4 is 21.3 Å². The summed E-state index contributed by atoms with van der Waals surface area (Å²) in [6.45, 7) is 14.7. The van der Waals surface area contributed by atoms with Crippen LogP contribution >= 0.6 is 0 Å². The summed E-state index contributed by atoms with van der Waals surface area (Å²) < 4.78 is 4.86. The first kappa shape index (κ1) is 51.4. The van der Waals surface area contributed by atoms with E-state index in [0.29, 0.717) is 0 Å². The number of hydrogen-bond donors (Lipinski definition) is 5. The first-order chi connectivity index (χ1) is 28.5. The standard InChI is InChI=1S/C44H64N6O11/c1-27(2)32(49(10)42(60)38(43(4,5)6)48-41(59)37(45-9)44(7,8)29-15-12-11-13-16-29)25-28(3)39(57)46-31(40(58)47-33(61-26-51)20-23-36(55)56)19-18-30(52)17-14-24-50-34(53)21-22-35(50)54/h11-13,15-16,21-22,25-27,31-33,37-38,45H,14,17-20,23-24H2,1-10H3,(H,46,57)(H,47,58)(H,48,59)(H,55,56)/b28-25+/t31-,32-,33+,37-,38-/m1/s1. The minimum Gasteiger partial charge on any atom is -0.481 e. The van der Waals surface area contributed by atoms with Crippen molar-refractivity contribution in [3.63, 3.8) is 0 Å². The van der Waals surface area contributed by atoms with Gasteiger partial charge in [0, 0.05) is 56.0 Å². The molecule has 17 heteroatoms. The van der Waals surface area contributed by atoms with Crippen LogP contribution in [-0.2, 0) is 53.3 Å². The zero-order valence-corrected chi connectivity index (χ0v) is 37.0. The number of benzene rings is 1. The van der Waals surface area contributed by atoms with Crippen LogP contribution in [0.4, 0.5) is 0 Å². The maximum absolute atomic E-state index is 14.4. The molecule has 0 radical (unpaired) electrons. The molecular formula is C44H64N6O11. The second-order valence-electron chi connectivity index (χ2n) is 17.2. The number of imide groups is 1. The normalized spacial score (nSPS) is 15.7. The van der Waals surface area contributed by atoms with E-state index in [-0.39, 0.29) is 68.3 Å². The van der Waals surface area contributed by atoms with Crippen LogP contribution in [-0.4, -0.2) is 120 Å². The number of carbonyl (C=O) groups is 9. The maximum atomic E-state index is 14.4. The molecule has 17 nitrogen and oxygen atoms in total. The smallest absolute Gasteiger partial charge is 0.303 e. The monoisotopic (exact) mass is 852 g/mol. The molecule has 336 valence electrons. The van der Waals surface area contributed by atoms with Crippen LogP contribution in [0.1, 0.15) is 99.5 Å². The van der Waals surface area contributed by atoms with Crippen LogP contribution in [0.3, 0.4) is 0 Å². The molecule has 0 saturated heterocycles. The fourth-order valence-corrected chi connectivity index (χ4v) is 6.97. The molecule has 1 aliphatic rings. The molecule has 0 unspecified atom stereocenters. The van der Waals surface area contributed by atoms with Crippen LogP contribution in [0.2, 0.25) is 0 Å². The van der Waals surface area contributed by atoms with Crippen molar-refractivity contribution in [1.82, 2.24) is 31.1 Å². The van der Waals surface area contributed by atoms with E-state index in [2.05, 4.69) is 21.3 Å². The third-order valence-electron chi connectivity index (χ3n) is 10.7. The third-order valence-corrected chi connectivity index (χ3v) is 10.7. The lowest BCUT2D eigenvalue weighted by Crippen LogP contribution is -2.61. The highest BCUT2D eigenvalue weighted by Gasteiger charge is 2.42. The average Bonchev–Trinajstić information content (AvgIpc) is 3.51. The number of carbonyl (C=O) groups excluding carboxylic acids is 8. The summed E-state index contributed by atoms with van der Waals surface area (Å²) >= 11 is 0. The van der Waals surface area contributed by atoms with Gasteiger partial charge in [0.15, 0.2) is 6.23 Å². The van der Waals surface area contributed by atoms with Crippen molar-refractivity contribution in [2.24, 2.45) is 11.3 Å². The zero-order valence-electron chi connectivity index (χ0n) is 37.0. The van der Waals surface area contributed by atoms with Gasteiger partial charge in [-0.2, -0.15) is 0 Å². The number of rotatable bonds is 25. The summed E-state index contributed by atoms with van der Waals surface area (Å²) in [6, 6.07) is 5.87. The number of ketones is 1. The van der Waals surface area contributed by atoms with Crippen LogP contribution in [0.15, 0.2) is 54.1 Å². The summed E-state index contributed by atoms with van der Waals surface area (Å²) in [5.41, 5.74) is -0.329. The Morgan fingerprint density at radius 2 is 1.46 bits per heavy atom. The van der Waals surface area contributed by atoms with Crippen molar-refractivity contribution in [3.05, 3.63) is 59.7 Å². The van der Waals surface area contributed by atoms with Gasteiger partial charge in [-0.15, -0.1) is 0 Å². The van der Waals surface area contributed by atoms with Gasteiger partial charge >= 0.3 is 5.97 Å². The summed E-state index contributed by atoms with van der Waals surface area (Å²) in [5, 5.41) is 20.3. The molecule has 2 rings (SSSR count). The molecule has 5 atom stereocenters. The number of nitrogens with zero attached hydrogens (tertiary/aromatic N) is 2. The Morgan fingerprint density at radius 3 is 1.98 bits per heavy atom. The molecule has 0 aliphatic carbocycles. The quantitative estimate of drug-likeness (QED) is 0.0413. The number of likely N-dealkylation sites (N-methyl/N-ethyl adjacent to an activating group) is 2. The zero-order chi connectivity index (χ0) is 46.2. The number of amides is 6. The Hall–Kier alpha value is -5.71. The predicted octanol–water partition coefficient (Wildman–Crippen LogP) is 2.53. The molecule has 1 aromatic rings. The van der Waals surface area contributed by atoms with Crippen molar-refractivity contribution in [3.8, 4) is 0 Å². The minimum absolute atomic E-state index is 0.0229. The largest absolute Gasteiger partial charge is 0.481 e. The highest BCUT2D eigenvalue weighted by atomic mass is 16.5. The molecule has 1 heterocycles. The molecule has 0 bridgehead atoms. The number of nitrogens with one attached hydrogen (secondary N) is 4. The van der Waals surface area contributed by atoms with Gasteiger partial charge in [-0.3, -0.25) is 48.1 Å². The molecule has 0 saturated carbocycles. The Balaban J connectivity index is 2.32. The second-order valence-corrected chi connectivity index (χ2v) is 17.2. The van der Waals surface area contributed by atoms with Crippen LogP contribution in [0.5, 0.6) is 0 Å². The van der Waals surface area contributed by atoms with E-state index >= 15 is 0 Å². The van der Waals surface area contributed by atoms with E-state index in [4.69, 9.17) is 9.84 Å². The molecule has 0 fully saturated rings. The van der Waals surface area contributed by atoms with Crippen molar-refractivity contribution in [2.75, 3.05) is 20.6 Å². The molecule has 1 aromatic carbocycles. The minimum atomic E-state index is -1.36. The van der Waals surface area contributed by atoms with Gasteiger partial charge in [0.2, 0.25) is 23.6 Å². The van der Waals surface area contributed by atoms with E-state index in [1.165, 1.54) is 11.8 Å². The SMILES string of the molecule is CN[C@H](C(=O)N[C@H](C(=O)N(C)[C@H](/C=C(\C)C(=O)N[C@H](CCC(=O)CCCN1C(=O)C=CC1=O)C(=O)N[C@H](CCC(=O)O)OC=O)C(C)C)C(C)(C)C)C(C)(C)c1ccccc1. The molecule has 0 aromatic heterocycles. The Kier molecular flexibility index (Phi) is 19.7. The van der Waals surface area contributed by atoms with E-state index in [1.54, 1.807) is 20.2 Å². The predicted molar refractivity (Wildman–Crippen MR) is 226 cm³/mol. The second kappa shape index (κ2) is 23.3. The lowest BCUT2D eigenvalue weighted by Gasteiger charge is -2.40. The maximum Gasteiger partial charge on any atom is 0.303 e. The highest BCUT2D eigenvalue weighted by molar-refractivity contribution is 6.12. The van der Waals surface area contributed by atoms with Crippen LogP contribution in [0.25, 0.3) is 0 Å². The van der Waals surface area contributed by atoms with Gasteiger partial charge in [0.1, 0.15) is 17.9 Å². The third kappa shape index (κ3) is 15.4. The fourth-order valence-electron chi connectivity index (χ4n) is 6.97. The van der Waals surface area contributed by atoms with Crippen molar-refractivity contribution >= 4 is 53.7 Å². The fraction of sp³-hybridized carbons (Fsp3) is 0.568. The molecule has 6 amide bonds. The number of ether oxygens (including phenoxy) is 1. The summed E-state index contributed by atoms with van der Waals surface area (Å²) in [4.78, 5) is 117. The molecule has 1 aliphatic heterocycles.